The molecule has 1 saturated heterocycles. The average molecular weight is 431 g/mol. The molecule has 2 aromatic carbocycles. The first-order chi connectivity index (χ1) is 15.6. The summed E-state index contributed by atoms with van der Waals surface area (Å²) in [6, 6.07) is 15.6. The molecule has 1 amide bonds. The minimum atomic E-state index is -0.358. The van der Waals surface area contributed by atoms with E-state index in [-0.39, 0.29) is 17.4 Å². The van der Waals surface area contributed by atoms with Gasteiger partial charge in [0.05, 0.1) is 25.6 Å². The van der Waals surface area contributed by atoms with Gasteiger partial charge in [-0.15, -0.1) is 0 Å². The van der Waals surface area contributed by atoms with E-state index in [1.807, 2.05) is 53.4 Å². The van der Waals surface area contributed by atoms with Crippen LogP contribution in [0.4, 0.5) is 0 Å². The Balaban J connectivity index is 1.05. The highest BCUT2D eigenvalue weighted by molar-refractivity contribution is 5.92. The van der Waals surface area contributed by atoms with Gasteiger partial charge in [-0.3, -0.25) is 4.79 Å². The van der Waals surface area contributed by atoms with Gasteiger partial charge in [-0.2, -0.15) is 4.98 Å². The van der Waals surface area contributed by atoms with E-state index in [9.17, 15) is 4.79 Å². The maximum atomic E-state index is 13.1. The number of amides is 1. The summed E-state index contributed by atoms with van der Waals surface area (Å²) in [5, 5.41) is 4.08. The largest absolute Gasteiger partial charge is 0.497 e. The number of rotatable bonds is 7. The van der Waals surface area contributed by atoms with E-state index in [2.05, 4.69) is 10.1 Å². The van der Waals surface area contributed by atoms with E-state index < -0.39 is 0 Å². The Bertz CT molecular complexity index is 1120. The number of hydrogen-bond acceptors (Lipinski definition) is 6. The summed E-state index contributed by atoms with van der Waals surface area (Å²) in [7, 11) is 1.65. The lowest BCUT2D eigenvalue weighted by atomic mass is 9.92. The molecule has 164 valence electrons. The Morgan fingerprint density at radius 3 is 2.34 bits per heavy atom. The molecule has 1 aromatic heterocycles. The fraction of sp³-hybridized carbons (Fsp3) is 0.400. The lowest BCUT2D eigenvalue weighted by Crippen LogP contribution is -2.58. The lowest BCUT2D eigenvalue weighted by Gasteiger charge is -2.41. The van der Waals surface area contributed by atoms with Crippen molar-refractivity contribution in [1.29, 1.82) is 0 Å². The van der Waals surface area contributed by atoms with Gasteiger partial charge in [-0.05, 0) is 67.6 Å². The fourth-order valence-corrected chi connectivity index (χ4v) is 4.37. The number of likely N-dealkylation sites (tertiary alicyclic amines) is 1. The summed E-state index contributed by atoms with van der Waals surface area (Å²) in [4.78, 5) is 19.5. The van der Waals surface area contributed by atoms with Gasteiger partial charge in [0.25, 0.3) is 0 Å². The average Bonchev–Trinajstić information content (AvgIpc) is 3.74. The summed E-state index contributed by atoms with van der Waals surface area (Å²) in [6.45, 7) is 1.24. The van der Waals surface area contributed by atoms with Crippen LogP contribution in [0.5, 0.6) is 11.5 Å². The molecule has 7 nitrogen and oxygen atoms in total. The molecule has 3 aromatic rings. The zero-order valence-electron chi connectivity index (χ0n) is 18.0. The number of ether oxygens (including phenoxy) is 2. The first-order valence-electron chi connectivity index (χ1n) is 11.2. The maximum absolute atomic E-state index is 13.1. The van der Waals surface area contributed by atoms with E-state index in [4.69, 9.17) is 14.0 Å². The Hall–Kier alpha value is -3.35. The van der Waals surface area contributed by atoms with Gasteiger partial charge in [0.15, 0.2) is 0 Å². The van der Waals surface area contributed by atoms with Crippen molar-refractivity contribution in [1.82, 2.24) is 15.0 Å². The number of nitrogens with zero attached hydrogens (tertiary/aromatic N) is 3. The van der Waals surface area contributed by atoms with Crippen LogP contribution < -0.4 is 9.47 Å². The van der Waals surface area contributed by atoms with Crippen molar-refractivity contribution in [2.24, 2.45) is 0 Å². The van der Waals surface area contributed by atoms with Gasteiger partial charge in [0, 0.05) is 11.5 Å². The molecule has 7 heteroatoms. The Morgan fingerprint density at radius 1 is 1.03 bits per heavy atom. The van der Waals surface area contributed by atoms with E-state index in [1.165, 1.54) is 0 Å². The van der Waals surface area contributed by atoms with Crippen molar-refractivity contribution in [3.8, 4) is 22.9 Å². The second-order valence-electron chi connectivity index (χ2n) is 9.02. The van der Waals surface area contributed by atoms with Crippen LogP contribution in [0.1, 0.15) is 43.1 Å². The van der Waals surface area contributed by atoms with Crippen LogP contribution in [-0.4, -0.2) is 47.3 Å². The van der Waals surface area contributed by atoms with Gasteiger partial charge < -0.3 is 18.9 Å². The van der Waals surface area contributed by atoms with E-state index >= 15 is 0 Å². The van der Waals surface area contributed by atoms with Crippen molar-refractivity contribution in [3.63, 3.8) is 0 Å². The molecule has 32 heavy (non-hydrogen) atoms. The normalized spacial score (nSPS) is 19.3. The molecule has 2 aliphatic carbocycles. The van der Waals surface area contributed by atoms with E-state index in [1.54, 1.807) is 7.11 Å². The number of carbonyl (C=O) groups is 1. The topological polar surface area (TPSA) is 77.7 Å². The SMILES string of the molecule is COc1ccc(C2(C(=O)N3CC(Oc4ccc(-c5noc(C6CC6)n5)cc4)C3)CC2)cc1. The number of carbonyl (C=O) groups excluding carboxylic acids is 1. The Morgan fingerprint density at radius 2 is 1.72 bits per heavy atom. The third-order valence-corrected chi connectivity index (χ3v) is 6.72. The molecule has 0 radical (unpaired) electrons. The standard InChI is InChI=1S/C25H25N3O4/c1-30-19-10-6-18(7-11-19)25(12-13-25)24(29)28-14-21(15-28)31-20-8-4-16(5-9-20)22-26-23(32-27-22)17-2-3-17/h4-11,17,21H,2-3,12-15H2,1H3. The van der Waals surface area contributed by atoms with Crippen LogP contribution in [0, 0.1) is 0 Å². The molecule has 0 spiro atoms. The number of hydrogen-bond donors (Lipinski definition) is 0. The zero-order chi connectivity index (χ0) is 21.7. The summed E-state index contributed by atoms with van der Waals surface area (Å²) < 4.78 is 16.6. The van der Waals surface area contributed by atoms with Crippen molar-refractivity contribution in [3.05, 3.63) is 60.0 Å². The monoisotopic (exact) mass is 431 g/mol. The number of aromatic nitrogens is 2. The Labute approximate surface area is 186 Å². The predicted molar refractivity (Wildman–Crippen MR) is 117 cm³/mol. The van der Waals surface area contributed by atoms with Crippen molar-refractivity contribution >= 4 is 5.91 Å². The quantitative estimate of drug-likeness (QED) is 0.564. The van der Waals surface area contributed by atoms with Crippen LogP contribution in [0.25, 0.3) is 11.4 Å². The summed E-state index contributed by atoms with van der Waals surface area (Å²) in [5.41, 5.74) is 1.63. The fourth-order valence-electron chi connectivity index (χ4n) is 4.37. The second kappa shape index (κ2) is 7.36. The molecule has 0 bridgehead atoms. The molecule has 2 saturated carbocycles. The molecule has 0 N–H and O–H groups in total. The van der Waals surface area contributed by atoms with Crippen LogP contribution in [-0.2, 0) is 10.2 Å². The highest BCUT2D eigenvalue weighted by atomic mass is 16.5. The summed E-state index contributed by atoms with van der Waals surface area (Å²) in [5.74, 6) is 3.61. The molecule has 0 unspecified atom stereocenters. The Kier molecular flexibility index (Phi) is 4.45. The van der Waals surface area contributed by atoms with Crippen molar-refractivity contribution < 1.29 is 18.8 Å². The minimum absolute atomic E-state index is 0.0168. The minimum Gasteiger partial charge on any atom is -0.497 e. The van der Waals surface area contributed by atoms with Crippen LogP contribution in [0.15, 0.2) is 53.1 Å². The number of benzene rings is 2. The molecular formula is C25H25N3O4. The van der Waals surface area contributed by atoms with Gasteiger partial charge in [-0.25, -0.2) is 0 Å². The van der Waals surface area contributed by atoms with Crippen LogP contribution in [0.2, 0.25) is 0 Å². The van der Waals surface area contributed by atoms with Crippen LogP contribution >= 0.6 is 0 Å². The van der Waals surface area contributed by atoms with Crippen molar-refractivity contribution in [2.45, 2.75) is 43.1 Å². The predicted octanol–water partition coefficient (Wildman–Crippen LogP) is 3.94. The molecule has 6 rings (SSSR count). The third-order valence-electron chi connectivity index (χ3n) is 6.72. The molecular weight excluding hydrogens is 406 g/mol. The lowest BCUT2D eigenvalue weighted by molar-refractivity contribution is -0.142. The molecule has 3 aliphatic rings. The van der Waals surface area contributed by atoms with Crippen LogP contribution in [0.3, 0.4) is 0 Å². The molecule has 1 aliphatic heterocycles. The highest BCUT2D eigenvalue weighted by Gasteiger charge is 2.54. The second-order valence-corrected chi connectivity index (χ2v) is 9.02. The van der Waals surface area contributed by atoms with E-state index in [0.29, 0.717) is 24.8 Å². The molecule has 0 atom stereocenters. The maximum Gasteiger partial charge on any atom is 0.233 e. The van der Waals surface area contributed by atoms with Gasteiger partial charge in [0.2, 0.25) is 17.6 Å². The molecule has 3 fully saturated rings. The highest BCUT2D eigenvalue weighted by Crippen LogP contribution is 2.50. The van der Waals surface area contributed by atoms with E-state index in [0.717, 1.165) is 54.2 Å². The van der Waals surface area contributed by atoms with Crippen molar-refractivity contribution in [2.75, 3.05) is 20.2 Å². The first kappa shape index (κ1) is 19.3. The summed E-state index contributed by atoms with van der Waals surface area (Å²) >= 11 is 0. The van der Waals surface area contributed by atoms with Gasteiger partial charge in [-0.1, -0.05) is 17.3 Å². The summed E-state index contributed by atoms with van der Waals surface area (Å²) in [6.07, 6.45) is 4.09. The smallest absolute Gasteiger partial charge is 0.233 e. The first-order valence-corrected chi connectivity index (χ1v) is 11.2. The third kappa shape index (κ3) is 3.42. The zero-order valence-corrected chi connectivity index (χ0v) is 18.0. The molecule has 2 heterocycles. The van der Waals surface area contributed by atoms with Gasteiger partial charge >= 0.3 is 0 Å². The van der Waals surface area contributed by atoms with Gasteiger partial charge in [0.1, 0.15) is 17.6 Å². The number of methoxy groups -OCH3 is 1.